The number of fused-ring (bicyclic) bond motifs is 5. The summed E-state index contributed by atoms with van der Waals surface area (Å²) in [5.41, 5.74) is -1.48. The van der Waals surface area contributed by atoms with Gasteiger partial charge in [-0.1, -0.05) is 0 Å². The average molecular weight is 719 g/mol. The monoisotopic (exact) mass is 718 g/mol. The van der Waals surface area contributed by atoms with Gasteiger partial charge in [0.1, 0.15) is 0 Å². The molecule has 0 N–H and O–H groups in total. The van der Waals surface area contributed by atoms with Crippen molar-refractivity contribution in [2.75, 3.05) is 0 Å². The van der Waals surface area contributed by atoms with Crippen molar-refractivity contribution in [3.8, 4) is 0 Å². The fourth-order valence-corrected chi connectivity index (χ4v) is 17.1. The van der Waals surface area contributed by atoms with Gasteiger partial charge in [0.15, 0.2) is 0 Å². The zero-order valence-electron chi connectivity index (χ0n) is 25.4. The molecule has 1 nitrogen and oxygen atoms in total. The van der Waals surface area contributed by atoms with Crippen molar-refractivity contribution in [1.29, 1.82) is 0 Å². The number of halogens is 7. The Kier molecular flexibility index (Phi) is 6.63. The van der Waals surface area contributed by atoms with Crippen LogP contribution >= 0.6 is 20.2 Å². The Morgan fingerprint density at radius 3 is 1.74 bits per heavy atom. The molecule has 236 valence electrons. The second-order valence-electron chi connectivity index (χ2n) is 15.3. The van der Waals surface area contributed by atoms with Gasteiger partial charge in [-0.15, -0.1) is 0 Å². The summed E-state index contributed by atoms with van der Waals surface area (Å²) in [7, 11) is 0. The average Bonchev–Trinajstić information content (AvgIpc) is 3.46. The van der Waals surface area contributed by atoms with Gasteiger partial charge < -0.3 is 0 Å². The van der Waals surface area contributed by atoms with E-state index in [1.54, 1.807) is 6.07 Å². The minimum absolute atomic E-state index is 0.0835. The van der Waals surface area contributed by atoms with E-state index in [-0.39, 0.29) is 25.2 Å². The standard InChI is InChI=1S/C35H41F6IO/c1-29(2)20-32(17-11-6-12-18-32)27-23(29)19-24-26(30(3,4)21-31(24)15-9-5-10-16-31)28(27)42-25-14-8-7-13-22(25)33(43-42,34(36,37)38)35(39,40)41/h7-8,13-14,19H,5-6,9-12,15-18,20-21H2,1-4H3. The molecule has 2 aromatic rings. The number of alkyl halides is 6. The molecule has 2 spiro atoms. The molecule has 0 aromatic heterocycles. The molecule has 0 unspecified atom stereocenters. The van der Waals surface area contributed by atoms with Crippen LogP contribution in [0.5, 0.6) is 0 Å². The summed E-state index contributed by atoms with van der Waals surface area (Å²) in [6, 6.07) is 7.81. The summed E-state index contributed by atoms with van der Waals surface area (Å²) in [5.74, 6) is 0. The van der Waals surface area contributed by atoms with Crippen LogP contribution in [0.15, 0.2) is 30.3 Å². The first-order chi connectivity index (χ1) is 20.0. The Morgan fingerprint density at radius 1 is 0.628 bits per heavy atom. The Hall–Kier alpha value is -1.29. The topological polar surface area (TPSA) is 9.23 Å². The summed E-state index contributed by atoms with van der Waals surface area (Å²) in [6.07, 6.45) is 0.908. The number of hydrogen-bond donors (Lipinski definition) is 0. The molecule has 7 rings (SSSR count). The Morgan fingerprint density at radius 2 is 1.16 bits per heavy atom. The van der Waals surface area contributed by atoms with Crippen LogP contribution in [0.4, 0.5) is 26.3 Å². The Labute approximate surface area is 258 Å². The number of benzene rings is 2. The molecule has 2 aromatic carbocycles. The number of rotatable bonds is 1. The summed E-state index contributed by atoms with van der Waals surface area (Å²) in [4.78, 5) is 0. The molecular weight excluding hydrogens is 677 g/mol. The summed E-state index contributed by atoms with van der Waals surface area (Å²) in [6.45, 7) is 8.83. The third kappa shape index (κ3) is 4.05. The zero-order chi connectivity index (χ0) is 30.8. The molecule has 0 atom stereocenters. The molecule has 1 heterocycles. The third-order valence-corrected chi connectivity index (χ3v) is 16.7. The maximum absolute atomic E-state index is 14.9. The van der Waals surface area contributed by atoms with Crippen LogP contribution in [0.25, 0.3) is 0 Å². The Bertz CT molecular complexity index is 1440. The molecule has 8 heteroatoms. The second-order valence-corrected chi connectivity index (χ2v) is 19.4. The molecule has 4 aliphatic carbocycles. The van der Waals surface area contributed by atoms with E-state index in [0.29, 0.717) is 0 Å². The van der Waals surface area contributed by atoms with E-state index < -0.39 is 43.8 Å². The molecule has 43 heavy (non-hydrogen) atoms. The van der Waals surface area contributed by atoms with Crippen molar-refractivity contribution in [3.05, 3.63) is 65.3 Å². The molecular formula is C35H41F6IO. The van der Waals surface area contributed by atoms with E-state index >= 15 is 0 Å². The molecule has 0 saturated heterocycles. The SMILES string of the molecule is CC1(C)CC2(CCCCC2)c2c1cc1c(c2I2OC(C(F)(F)F)(C(F)(F)F)c3ccccc32)C(C)(C)CC12CCCCC2. The molecule has 0 radical (unpaired) electrons. The van der Waals surface area contributed by atoms with E-state index in [1.807, 2.05) is 0 Å². The van der Waals surface area contributed by atoms with Gasteiger partial charge in [-0.3, -0.25) is 0 Å². The van der Waals surface area contributed by atoms with Crippen molar-refractivity contribution >= 4 is 20.2 Å². The van der Waals surface area contributed by atoms with Crippen LogP contribution in [0.3, 0.4) is 0 Å². The summed E-state index contributed by atoms with van der Waals surface area (Å²) in [5, 5.41) is 0. The van der Waals surface area contributed by atoms with Gasteiger partial charge in [-0.05, 0) is 0 Å². The first-order valence-electron chi connectivity index (χ1n) is 15.9. The normalized spacial score (nSPS) is 26.9. The van der Waals surface area contributed by atoms with Crippen LogP contribution in [0.1, 0.15) is 133 Å². The van der Waals surface area contributed by atoms with Crippen LogP contribution in [0, 0.1) is 7.14 Å². The van der Waals surface area contributed by atoms with Crippen molar-refractivity contribution in [1.82, 2.24) is 0 Å². The molecule has 2 fully saturated rings. The second kappa shape index (κ2) is 9.38. The van der Waals surface area contributed by atoms with E-state index in [2.05, 4.69) is 33.8 Å². The fourth-order valence-electron chi connectivity index (χ4n) is 10.1. The van der Waals surface area contributed by atoms with E-state index in [1.165, 1.54) is 29.7 Å². The van der Waals surface area contributed by atoms with Gasteiger partial charge in [-0.2, -0.15) is 0 Å². The van der Waals surface area contributed by atoms with Crippen LogP contribution in [0.2, 0.25) is 0 Å². The van der Waals surface area contributed by atoms with Gasteiger partial charge in [0.05, 0.1) is 0 Å². The Balaban J connectivity index is 1.60. The first-order valence-corrected chi connectivity index (χ1v) is 18.9. The maximum atomic E-state index is 14.9. The predicted octanol–water partition coefficient (Wildman–Crippen LogP) is 11.3. The third-order valence-electron chi connectivity index (χ3n) is 11.6. The number of hydrogen-bond acceptors (Lipinski definition) is 1. The fraction of sp³-hybridized carbons (Fsp3) is 0.657. The first kappa shape index (κ1) is 30.4. The summed E-state index contributed by atoms with van der Waals surface area (Å²) < 4.78 is 96.3. The zero-order valence-corrected chi connectivity index (χ0v) is 27.6. The predicted molar refractivity (Wildman–Crippen MR) is 164 cm³/mol. The van der Waals surface area contributed by atoms with Gasteiger partial charge >= 0.3 is 259 Å². The van der Waals surface area contributed by atoms with E-state index in [9.17, 15) is 26.3 Å². The van der Waals surface area contributed by atoms with E-state index in [4.69, 9.17) is 3.07 Å². The van der Waals surface area contributed by atoms with E-state index in [0.717, 1.165) is 91.4 Å². The van der Waals surface area contributed by atoms with Crippen LogP contribution < -0.4 is 0 Å². The van der Waals surface area contributed by atoms with Gasteiger partial charge in [0.2, 0.25) is 0 Å². The van der Waals surface area contributed by atoms with Gasteiger partial charge in [0.25, 0.3) is 0 Å². The van der Waals surface area contributed by atoms with Gasteiger partial charge in [-0.25, -0.2) is 0 Å². The van der Waals surface area contributed by atoms with Gasteiger partial charge in [0, 0.05) is 0 Å². The quantitative estimate of drug-likeness (QED) is 0.211. The molecule has 0 amide bonds. The van der Waals surface area contributed by atoms with Crippen molar-refractivity contribution in [2.45, 2.75) is 144 Å². The molecule has 5 aliphatic rings. The molecule has 0 bridgehead atoms. The van der Waals surface area contributed by atoms with Crippen molar-refractivity contribution in [3.63, 3.8) is 0 Å². The molecule has 2 saturated carbocycles. The minimum atomic E-state index is -5.64. The van der Waals surface area contributed by atoms with Crippen molar-refractivity contribution < 1.29 is 29.4 Å². The van der Waals surface area contributed by atoms with Crippen LogP contribution in [-0.4, -0.2) is 12.4 Å². The summed E-state index contributed by atoms with van der Waals surface area (Å²) >= 11 is -3.76. The van der Waals surface area contributed by atoms with Crippen LogP contribution in [-0.2, 0) is 30.3 Å². The molecule has 1 aliphatic heterocycles. The van der Waals surface area contributed by atoms with Crippen molar-refractivity contribution in [2.24, 2.45) is 0 Å².